The van der Waals surface area contributed by atoms with Gasteiger partial charge in [-0.1, -0.05) is 97.1 Å². The number of hydrogen-bond acceptors (Lipinski definition) is 2. The normalized spacial score (nSPS) is 11.4. The van der Waals surface area contributed by atoms with Crippen molar-refractivity contribution in [1.29, 1.82) is 0 Å². The molecule has 0 atom stereocenters. The van der Waals surface area contributed by atoms with Crippen LogP contribution in [-0.4, -0.2) is 9.55 Å². The fourth-order valence-electron chi connectivity index (χ4n) is 4.11. The maximum absolute atomic E-state index is 14.7. The summed E-state index contributed by atoms with van der Waals surface area (Å²) >= 11 is 0. The topological polar surface area (TPSA) is 34.9 Å². The van der Waals surface area contributed by atoms with Crippen molar-refractivity contribution in [1.82, 2.24) is 9.55 Å². The summed E-state index contributed by atoms with van der Waals surface area (Å²) in [6, 6.07) is 35.7. The first-order valence-corrected chi connectivity index (χ1v) is 12.3. The Morgan fingerprint density at radius 1 is 0.688 bits per heavy atom. The Morgan fingerprint density at radius 2 is 1.28 bits per heavy atom. The summed E-state index contributed by atoms with van der Waals surface area (Å²) in [5.74, 6) is 0.828. The van der Waals surface area contributed by atoms with Crippen molar-refractivity contribution in [2.45, 2.75) is 6.92 Å². The van der Waals surface area contributed by atoms with Crippen LogP contribution in [0.25, 0.3) is 17.1 Å². The Hall–Kier alpha value is -3.68. The average Bonchev–Trinajstić information content (AvgIpc) is 3.35. The van der Waals surface area contributed by atoms with E-state index in [4.69, 9.17) is 0 Å². The third-order valence-corrected chi connectivity index (χ3v) is 8.78. The van der Waals surface area contributed by atoms with E-state index in [0.717, 1.165) is 33.0 Å². The van der Waals surface area contributed by atoms with E-state index < -0.39 is 7.14 Å². The highest BCUT2D eigenvalue weighted by atomic mass is 31.2. The number of para-hydroxylation sites is 1. The molecule has 0 fully saturated rings. The monoisotopic (exact) mass is 434 g/mol. The zero-order valence-electron chi connectivity index (χ0n) is 17.8. The van der Waals surface area contributed by atoms with E-state index in [9.17, 15) is 4.57 Å². The van der Waals surface area contributed by atoms with E-state index in [1.165, 1.54) is 5.56 Å². The number of nitrogens with zero attached hydrogens (tertiary/aromatic N) is 2. The van der Waals surface area contributed by atoms with E-state index in [-0.39, 0.29) is 0 Å². The van der Waals surface area contributed by atoms with Crippen LogP contribution in [0.5, 0.6) is 0 Å². The summed E-state index contributed by atoms with van der Waals surface area (Å²) in [5, 5.41) is 2.45. The molecule has 0 N–H and O–H groups in total. The van der Waals surface area contributed by atoms with Gasteiger partial charge in [-0.3, -0.25) is 4.57 Å². The van der Waals surface area contributed by atoms with Crippen LogP contribution in [0.4, 0.5) is 0 Å². The molecule has 5 aromatic rings. The smallest absolute Gasteiger partial charge is 0.171 e. The molecule has 4 heteroatoms. The number of aryl methyl sites for hydroxylation is 1. The lowest BCUT2D eigenvalue weighted by Crippen LogP contribution is -2.25. The third kappa shape index (κ3) is 3.51. The molecule has 0 saturated heterocycles. The third-order valence-electron chi connectivity index (χ3n) is 5.72. The number of rotatable bonds is 5. The van der Waals surface area contributed by atoms with Crippen LogP contribution in [0, 0.1) is 6.92 Å². The van der Waals surface area contributed by atoms with Gasteiger partial charge in [0, 0.05) is 39.6 Å². The molecule has 32 heavy (non-hydrogen) atoms. The summed E-state index contributed by atoms with van der Waals surface area (Å²) in [6.07, 6.45) is 3.78. The number of hydrogen-bond donors (Lipinski definition) is 0. The predicted molar refractivity (Wildman–Crippen MR) is 133 cm³/mol. The molecule has 1 heterocycles. The molecule has 0 aliphatic carbocycles. The van der Waals surface area contributed by atoms with Crippen LogP contribution < -0.4 is 15.9 Å². The number of imidazole rings is 1. The van der Waals surface area contributed by atoms with E-state index in [0.29, 0.717) is 0 Å². The Morgan fingerprint density at radius 3 is 1.94 bits per heavy atom. The highest BCUT2D eigenvalue weighted by Gasteiger charge is 2.30. The lowest BCUT2D eigenvalue weighted by molar-refractivity contribution is 0.592. The van der Waals surface area contributed by atoms with E-state index in [1.807, 2.05) is 109 Å². The fraction of sp³-hybridized carbons (Fsp3) is 0.0357. The Labute approximate surface area is 188 Å². The molecule has 4 aromatic carbocycles. The first kappa shape index (κ1) is 20.2. The maximum atomic E-state index is 14.7. The second-order valence-electron chi connectivity index (χ2n) is 7.74. The second-order valence-corrected chi connectivity index (χ2v) is 10.5. The SMILES string of the molecule is Cc1ccccc1-n1ccnc1-c1cccc(P(=O)(c2ccccc2)c2ccccc2)c1. The standard InChI is InChI=1S/C28H23N2OP/c1-22-11-8-9-18-27(22)30-20-19-29-28(30)23-12-10-17-26(21-23)32(31,24-13-4-2-5-14-24)25-15-6-3-7-16-25/h2-21H,1H3. The molecule has 3 nitrogen and oxygen atoms in total. The highest BCUT2D eigenvalue weighted by Crippen LogP contribution is 2.42. The van der Waals surface area contributed by atoms with Gasteiger partial charge < -0.3 is 4.57 Å². The van der Waals surface area contributed by atoms with Crippen LogP contribution in [0.3, 0.4) is 0 Å². The van der Waals surface area contributed by atoms with Crippen LogP contribution in [0.2, 0.25) is 0 Å². The molecule has 0 aliphatic rings. The molecule has 1 aromatic heterocycles. The van der Waals surface area contributed by atoms with Crippen LogP contribution in [0.1, 0.15) is 5.56 Å². The molecule has 0 radical (unpaired) electrons. The van der Waals surface area contributed by atoms with Gasteiger partial charge in [0.05, 0.1) is 0 Å². The quantitative estimate of drug-likeness (QED) is 0.343. The molecule has 5 rings (SSSR count). The minimum atomic E-state index is -3.04. The fourth-order valence-corrected chi connectivity index (χ4v) is 6.80. The van der Waals surface area contributed by atoms with Crippen LogP contribution in [-0.2, 0) is 4.57 Å². The van der Waals surface area contributed by atoms with E-state index in [1.54, 1.807) is 0 Å². The molecule has 0 unspecified atom stereocenters. The van der Waals surface area contributed by atoms with E-state index >= 15 is 0 Å². The zero-order chi connectivity index (χ0) is 22.0. The van der Waals surface area contributed by atoms with Crippen molar-refractivity contribution >= 4 is 23.1 Å². The lowest BCUT2D eigenvalue weighted by Gasteiger charge is -2.20. The van der Waals surface area contributed by atoms with Gasteiger partial charge in [-0.2, -0.15) is 0 Å². The largest absolute Gasteiger partial charge is 0.309 e. The van der Waals surface area contributed by atoms with Crippen molar-refractivity contribution in [3.05, 3.63) is 127 Å². The first-order chi connectivity index (χ1) is 15.7. The summed E-state index contributed by atoms with van der Waals surface area (Å²) in [6.45, 7) is 2.09. The van der Waals surface area contributed by atoms with Gasteiger partial charge in [0.1, 0.15) is 5.82 Å². The van der Waals surface area contributed by atoms with Crippen LogP contribution in [0.15, 0.2) is 122 Å². The Kier molecular flexibility index (Phi) is 5.34. The predicted octanol–water partition coefficient (Wildman–Crippen LogP) is 5.49. The van der Waals surface area contributed by atoms with Crippen molar-refractivity contribution in [2.75, 3.05) is 0 Å². The van der Waals surface area contributed by atoms with Gasteiger partial charge in [-0.25, -0.2) is 4.98 Å². The minimum absolute atomic E-state index is 0.798. The summed E-state index contributed by atoms with van der Waals surface area (Å²) in [5.41, 5.74) is 3.18. The molecule has 0 bridgehead atoms. The van der Waals surface area contributed by atoms with Crippen molar-refractivity contribution in [2.24, 2.45) is 0 Å². The molecular formula is C28H23N2OP. The maximum Gasteiger partial charge on any atom is 0.171 e. The van der Waals surface area contributed by atoms with Crippen LogP contribution >= 0.6 is 7.14 Å². The molecule has 0 spiro atoms. The van der Waals surface area contributed by atoms with Gasteiger partial charge in [-0.15, -0.1) is 0 Å². The molecular weight excluding hydrogens is 411 g/mol. The molecule has 156 valence electrons. The zero-order valence-corrected chi connectivity index (χ0v) is 18.7. The van der Waals surface area contributed by atoms with Crippen molar-refractivity contribution in [3.8, 4) is 17.1 Å². The lowest BCUT2D eigenvalue weighted by atomic mass is 10.1. The number of aromatic nitrogens is 2. The summed E-state index contributed by atoms with van der Waals surface area (Å²) < 4.78 is 16.8. The van der Waals surface area contributed by atoms with Gasteiger partial charge >= 0.3 is 0 Å². The Balaban J connectivity index is 1.69. The molecule has 0 amide bonds. The van der Waals surface area contributed by atoms with E-state index in [2.05, 4.69) is 28.6 Å². The Bertz CT molecular complexity index is 1360. The number of benzene rings is 4. The van der Waals surface area contributed by atoms with Gasteiger partial charge in [0.25, 0.3) is 0 Å². The summed E-state index contributed by atoms with van der Waals surface area (Å²) in [7, 11) is -3.04. The second kappa shape index (κ2) is 8.45. The average molecular weight is 434 g/mol. The first-order valence-electron chi connectivity index (χ1n) is 10.6. The van der Waals surface area contributed by atoms with Gasteiger partial charge in [-0.05, 0) is 24.6 Å². The van der Waals surface area contributed by atoms with Gasteiger partial charge in [0.2, 0.25) is 0 Å². The molecule has 0 aliphatic heterocycles. The summed E-state index contributed by atoms with van der Waals surface area (Å²) in [4.78, 5) is 4.65. The highest BCUT2D eigenvalue weighted by molar-refractivity contribution is 7.85. The minimum Gasteiger partial charge on any atom is -0.309 e. The van der Waals surface area contributed by atoms with Crippen molar-refractivity contribution in [3.63, 3.8) is 0 Å². The van der Waals surface area contributed by atoms with Gasteiger partial charge in [0.15, 0.2) is 7.14 Å². The molecule has 0 saturated carbocycles. The van der Waals surface area contributed by atoms with Crippen molar-refractivity contribution < 1.29 is 4.57 Å².